The minimum absolute atomic E-state index is 0.0891. The number of nitrogens with zero attached hydrogens (tertiary/aromatic N) is 3. The highest BCUT2D eigenvalue weighted by Gasteiger charge is 2.37. The van der Waals surface area contributed by atoms with Crippen LogP contribution in [0.2, 0.25) is 5.02 Å². The van der Waals surface area contributed by atoms with E-state index in [4.69, 9.17) is 11.6 Å². The Morgan fingerprint density at radius 1 is 1.17 bits per heavy atom. The molecule has 1 amide bonds. The van der Waals surface area contributed by atoms with Gasteiger partial charge >= 0.3 is 0 Å². The number of hydrogen-bond acceptors (Lipinski definition) is 4. The van der Waals surface area contributed by atoms with Crippen molar-refractivity contribution in [1.82, 2.24) is 13.9 Å². The summed E-state index contributed by atoms with van der Waals surface area (Å²) in [6.07, 6.45) is 3.56. The number of carbonyl (C=O) groups is 1. The Bertz CT molecular complexity index is 1250. The molecular weight excluding hydrogens is 424 g/mol. The molecule has 0 saturated heterocycles. The van der Waals surface area contributed by atoms with Crippen molar-refractivity contribution in [3.05, 3.63) is 71.3 Å². The van der Waals surface area contributed by atoms with E-state index >= 15 is 0 Å². The first-order chi connectivity index (χ1) is 14.4. The highest BCUT2D eigenvalue weighted by atomic mass is 35.5. The van der Waals surface area contributed by atoms with E-state index in [-0.39, 0.29) is 17.1 Å². The first-order valence-corrected chi connectivity index (χ1v) is 11.5. The molecule has 2 heterocycles. The predicted molar refractivity (Wildman–Crippen MR) is 113 cm³/mol. The lowest BCUT2D eigenvalue weighted by Crippen LogP contribution is -2.32. The number of hydrogen-bond donors (Lipinski definition) is 1. The molecule has 1 saturated carbocycles. The highest BCUT2D eigenvalue weighted by molar-refractivity contribution is 7.89. The van der Waals surface area contributed by atoms with Gasteiger partial charge in [0, 0.05) is 17.3 Å². The molecule has 30 heavy (non-hydrogen) atoms. The van der Waals surface area contributed by atoms with Crippen LogP contribution in [0.4, 0.5) is 5.69 Å². The molecule has 0 spiro atoms. The molecular formula is C21H19ClN4O3S. The maximum atomic E-state index is 13.3. The maximum Gasteiger partial charge on any atom is 0.276 e. The number of nitrogens with one attached hydrogen (secondary N) is 1. The number of benzene rings is 2. The smallest absolute Gasteiger partial charge is 0.276 e. The zero-order chi connectivity index (χ0) is 20.9. The zero-order valence-electron chi connectivity index (χ0n) is 16.0. The average Bonchev–Trinajstić information content (AvgIpc) is 3.45. The lowest BCUT2D eigenvalue weighted by molar-refractivity contribution is 0.102. The van der Waals surface area contributed by atoms with E-state index in [0.717, 1.165) is 12.8 Å². The van der Waals surface area contributed by atoms with Gasteiger partial charge in [0.2, 0.25) is 10.0 Å². The first kappa shape index (κ1) is 19.3. The summed E-state index contributed by atoms with van der Waals surface area (Å²) >= 11 is 6.01. The largest absolute Gasteiger partial charge is 0.321 e. The third-order valence-corrected chi connectivity index (χ3v) is 7.49. The Kier molecular flexibility index (Phi) is 4.65. The van der Waals surface area contributed by atoms with Crippen molar-refractivity contribution in [2.24, 2.45) is 5.92 Å². The minimum atomic E-state index is -3.68. The Morgan fingerprint density at radius 3 is 2.73 bits per heavy atom. The fourth-order valence-corrected chi connectivity index (χ4v) is 5.54. The Hall–Kier alpha value is -2.68. The van der Waals surface area contributed by atoms with Gasteiger partial charge in [-0.1, -0.05) is 29.8 Å². The third-order valence-electron chi connectivity index (χ3n) is 5.39. The van der Waals surface area contributed by atoms with Crippen molar-refractivity contribution in [1.29, 1.82) is 0 Å². The van der Waals surface area contributed by atoms with Gasteiger partial charge in [0.05, 0.1) is 17.9 Å². The molecule has 3 aromatic rings. The van der Waals surface area contributed by atoms with Crippen LogP contribution in [0.5, 0.6) is 0 Å². The molecule has 154 valence electrons. The van der Waals surface area contributed by atoms with Gasteiger partial charge in [-0.2, -0.15) is 4.31 Å². The van der Waals surface area contributed by atoms with Crippen LogP contribution in [0.3, 0.4) is 0 Å². The van der Waals surface area contributed by atoms with E-state index in [9.17, 15) is 13.2 Å². The number of anilines is 1. The predicted octanol–water partition coefficient (Wildman–Crippen LogP) is 3.69. The quantitative estimate of drug-likeness (QED) is 0.667. The van der Waals surface area contributed by atoms with Crippen molar-refractivity contribution < 1.29 is 13.2 Å². The molecule has 1 aliphatic carbocycles. The van der Waals surface area contributed by atoms with Gasteiger partial charge in [-0.3, -0.25) is 9.36 Å². The van der Waals surface area contributed by atoms with Gasteiger partial charge in [-0.15, -0.1) is 0 Å². The van der Waals surface area contributed by atoms with Gasteiger partial charge in [0.1, 0.15) is 11.2 Å². The Labute approximate surface area is 179 Å². The summed E-state index contributed by atoms with van der Waals surface area (Å²) in [6, 6.07) is 13.7. The number of halogens is 1. The van der Waals surface area contributed by atoms with E-state index in [2.05, 4.69) is 10.3 Å². The summed E-state index contributed by atoms with van der Waals surface area (Å²) in [7, 11) is -3.68. The van der Waals surface area contributed by atoms with Crippen LogP contribution >= 0.6 is 11.6 Å². The summed E-state index contributed by atoms with van der Waals surface area (Å²) in [6.45, 7) is 0.531. The fraction of sp³-hybridized carbons (Fsp3) is 0.238. The van der Waals surface area contributed by atoms with Crippen LogP contribution in [0, 0.1) is 5.92 Å². The standard InChI is InChI=1S/C21H19ClN4O3S/c22-15-4-3-5-16(10-15)24-21(27)20-18-12-25(11-14-8-9-14)30(28,29)19-7-2-1-6-17(19)26(18)13-23-20/h1-7,10,13-14H,8-9,11-12H2,(H,24,27). The van der Waals surface area contributed by atoms with Crippen LogP contribution in [0.1, 0.15) is 29.0 Å². The number of imidazole rings is 1. The van der Waals surface area contributed by atoms with E-state index in [0.29, 0.717) is 34.6 Å². The van der Waals surface area contributed by atoms with Gasteiger partial charge < -0.3 is 5.32 Å². The highest BCUT2D eigenvalue weighted by Crippen LogP contribution is 2.36. The third kappa shape index (κ3) is 3.40. The van der Waals surface area contributed by atoms with Crippen molar-refractivity contribution in [2.45, 2.75) is 24.3 Å². The fourth-order valence-electron chi connectivity index (χ4n) is 3.70. The SMILES string of the molecule is O=C(Nc1cccc(Cl)c1)c1ncn2c1CN(CC1CC1)S(=O)(=O)c1ccccc1-2. The molecule has 2 aliphatic rings. The normalized spacial score (nSPS) is 17.6. The molecule has 9 heteroatoms. The van der Waals surface area contributed by atoms with Gasteiger partial charge in [0.25, 0.3) is 5.91 Å². The van der Waals surface area contributed by atoms with Crippen molar-refractivity contribution >= 4 is 33.2 Å². The summed E-state index contributed by atoms with van der Waals surface area (Å²) in [4.78, 5) is 17.5. The zero-order valence-corrected chi connectivity index (χ0v) is 17.5. The second-order valence-corrected chi connectivity index (χ2v) is 9.93. The van der Waals surface area contributed by atoms with Crippen LogP contribution < -0.4 is 5.32 Å². The number of fused-ring (bicyclic) bond motifs is 3. The van der Waals surface area contributed by atoms with Crippen molar-refractivity contribution in [3.8, 4) is 5.69 Å². The van der Waals surface area contributed by atoms with Crippen LogP contribution in [0.25, 0.3) is 5.69 Å². The summed E-state index contributed by atoms with van der Waals surface area (Å²) < 4.78 is 29.9. The molecule has 1 aliphatic heterocycles. The molecule has 1 fully saturated rings. The van der Waals surface area contributed by atoms with E-state index in [1.54, 1.807) is 53.1 Å². The van der Waals surface area contributed by atoms with Gasteiger partial charge in [-0.25, -0.2) is 13.4 Å². The molecule has 0 atom stereocenters. The maximum absolute atomic E-state index is 13.3. The number of aromatic nitrogens is 2. The van der Waals surface area contributed by atoms with Crippen LogP contribution in [0.15, 0.2) is 59.8 Å². The first-order valence-electron chi connectivity index (χ1n) is 9.66. The van der Waals surface area contributed by atoms with Crippen LogP contribution in [-0.4, -0.2) is 34.7 Å². The molecule has 0 unspecified atom stereocenters. The number of carbonyl (C=O) groups excluding carboxylic acids is 1. The molecule has 1 N–H and O–H groups in total. The second-order valence-electron chi connectivity index (χ2n) is 7.58. The topological polar surface area (TPSA) is 84.3 Å². The average molecular weight is 443 g/mol. The summed E-state index contributed by atoms with van der Waals surface area (Å²) in [5.41, 5.74) is 1.79. The summed E-state index contributed by atoms with van der Waals surface area (Å²) in [5.74, 6) is -0.0423. The Balaban J connectivity index is 1.58. The molecule has 7 nitrogen and oxygen atoms in total. The minimum Gasteiger partial charge on any atom is -0.321 e. The molecule has 0 radical (unpaired) electrons. The number of rotatable bonds is 4. The molecule has 2 aromatic carbocycles. The number of para-hydroxylation sites is 1. The number of sulfonamides is 1. The lowest BCUT2D eigenvalue weighted by atomic mass is 10.2. The Morgan fingerprint density at radius 2 is 1.97 bits per heavy atom. The molecule has 5 rings (SSSR count). The lowest BCUT2D eigenvalue weighted by Gasteiger charge is -2.20. The monoisotopic (exact) mass is 442 g/mol. The second kappa shape index (κ2) is 7.23. The molecule has 1 aromatic heterocycles. The molecule has 0 bridgehead atoms. The summed E-state index contributed by atoms with van der Waals surface area (Å²) in [5, 5.41) is 3.31. The van der Waals surface area contributed by atoms with E-state index < -0.39 is 15.9 Å². The van der Waals surface area contributed by atoms with Crippen LogP contribution in [-0.2, 0) is 16.6 Å². The van der Waals surface area contributed by atoms with E-state index in [1.807, 2.05) is 0 Å². The van der Waals surface area contributed by atoms with Crippen molar-refractivity contribution in [2.75, 3.05) is 11.9 Å². The van der Waals surface area contributed by atoms with Gasteiger partial charge in [-0.05, 0) is 49.1 Å². The van der Waals surface area contributed by atoms with Crippen molar-refractivity contribution in [3.63, 3.8) is 0 Å². The van der Waals surface area contributed by atoms with Gasteiger partial charge in [0.15, 0.2) is 5.69 Å². The number of amides is 1. The van der Waals surface area contributed by atoms with E-state index in [1.165, 1.54) is 10.6 Å².